The maximum Gasteiger partial charge on any atom is 0.0599 e. The van der Waals surface area contributed by atoms with Crippen LogP contribution < -0.4 is 5.32 Å². The molecule has 2 aliphatic rings. The van der Waals surface area contributed by atoms with Crippen LogP contribution in [0.1, 0.15) is 39.5 Å². The van der Waals surface area contributed by atoms with Gasteiger partial charge in [-0.1, -0.05) is 0 Å². The van der Waals surface area contributed by atoms with E-state index in [0.29, 0.717) is 12.1 Å². The minimum atomic E-state index is 0.518. The summed E-state index contributed by atoms with van der Waals surface area (Å²) in [5.41, 5.74) is 0. The van der Waals surface area contributed by atoms with E-state index in [9.17, 15) is 0 Å². The highest BCUT2D eigenvalue weighted by molar-refractivity contribution is 4.84. The molecule has 0 radical (unpaired) electrons. The lowest BCUT2D eigenvalue weighted by atomic mass is 10.1. The van der Waals surface area contributed by atoms with Gasteiger partial charge in [0.05, 0.1) is 6.10 Å². The third-order valence-corrected chi connectivity index (χ3v) is 3.78. The van der Waals surface area contributed by atoms with Crippen LogP contribution >= 0.6 is 0 Å². The molecule has 0 spiro atoms. The molecule has 0 aromatic rings. The number of likely N-dealkylation sites (tertiary alicyclic amines) is 1. The molecule has 1 unspecified atom stereocenters. The highest BCUT2D eigenvalue weighted by atomic mass is 16.5. The Balaban J connectivity index is 1.62. The van der Waals surface area contributed by atoms with Crippen LogP contribution in [0.5, 0.6) is 0 Å². The van der Waals surface area contributed by atoms with E-state index in [1.54, 1.807) is 0 Å². The first-order valence-electron chi connectivity index (χ1n) is 6.88. The molecule has 2 rings (SSSR count). The van der Waals surface area contributed by atoms with E-state index in [1.807, 2.05) is 0 Å². The smallest absolute Gasteiger partial charge is 0.0599 e. The Labute approximate surface area is 99.5 Å². The van der Waals surface area contributed by atoms with Crippen molar-refractivity contribution < 1.29 is 4.74 Å². The zero-order chi connectivity index (χ0) is 11.4. The Kier molecular flexibility index (Phi) is 4.62. The Morgan fingerprint density at radius 2 is 1.94 bits per heavy atom. The number of rotatable bonds is 6. The summed E-state index contributed by atoms with van der Waals surface area (Å²) in [4.78, 5) is 2.60. The number of nitrogens with zero attached hydrogens (tertiary/aromatic N) is 1. The average Bonchev–Trinajstić information content (AvgIpc) is 3.11. The van der Waals surface area contributed by atoms with E-state index in [0.717, 1.165) is 19.2 Å². The van der Waals surface area contributed by atoms with Gasteiger partial charge in [0.15, 0.2) is 0 Å². The Hall–Kier alpha value is -0.120. The van der Waals surface area contributed by atoms with Gasteiger partial charge in [-0.2, -0.15) is 0 Å². The quantitative estimate of drug-likeness (QED) is 0.745. The van der Waals surface area contributed by atoms with Crippen molar-refractivity contribution in [2.24, 2.45) is 0 Å². The second-order valence-corrected chi connectivity index (χ2v) is 5.22. The first-order valence-corrected chi connectivity index (χ1v) is 6.88. The van der Waals surface area contributed by atoms with E-state index in [1.165, 1.54) is 38.8 Å². The summed E-state index contributed by atoms with van der Waals surface area (Å²) in [5.74, 6) is 0. The molecule has 1 saturated carbocycles. The van der Waals surface area contributed by atoms with Crippen LogP contribution in [0.3, 0.4) is 0 Å². The van der Waals surface area contributed by atoms with Crippen LogP contribution in [0.15, 0.2) is 0 Å². The van der Waals surface area contributed by atoms with Gasteiger partial charge in [-0.05, 0) is 39.5 Å². The Morgan fingerprint density at radius 1 is 1.25 bits per heavy atom. The third kappa shape index (κ3) is 3.72. The van der Waals surface area contributed by atoms with Crippen molar-refractivity contribution >= 4 is 0 Å². The van der Waals surface area contributed by atoms with E-state index in [-0.39, 0.29) is 0 Å². The predicted octanol–water partition coefficient (Wildman–Crippen LogP) is 1.63. The first kappa shape index (κ1) is 12.3. The molecule has 94 valence electrons. The number of hydrogen-bond acceptors (Lipinski definition) is 3. The summed E-state index contributed by atoms with van der Waals surface area (Å²) in [6.45, 7) is 8.87. The fourth-order valence-electron chi connectivity index (χ4n) is 2.47. The van der Waals surface area contributed by atoms with Crippen LogP contribution in [0.4, 0.5) is 0 Å². The number of ether oxygens (including phenoxy) is 1. The van der Waals surface area contributed by atoms with Gasteiger partial charge >= 0.3 is 0 Å². The summed E-state index contributed by atoms with van der Waals surface area (Å²) in [6.07, 6.45) is 5.71. The lowest BCUT2D eigenvalue weighted by molar-refractivity contribution is 0.00589. The second kappa shape index (κ2) is 5.99. The highest BCUT2D eigenvalue weighted by Gasteiger charge is 2.25. The zero-order valence-corrected chi connectivity index (χ0v) is 10.7. The van der Waals surface area contributed by atoms with E-state index >= 15 is 0 Å². The van der Waals surface area contributed by atoms with Crippen LogP contribution in [0.2, 0.25) is 0 Å². The van der Waals surface area contributed by atoms with Crippen LogP contribution in [-0.2, 0) is 4.74 Å². The van der Waals surface area contributed by atoms with Crippen LogP contribution in [0, 0.1) is 0 Å². The normalized spacial score (nSPS) is 25.9. The molecule has 0 aromatic heterocycles. The molecule has 3 nitrogen and oxygen atoms in total. The minimum Gasteiger partial charge on any atom is -0.378 e. The Morgan fingerprint density at radius 3 is 2.50 bits per heavy atom. The third-order valence-electron chi connectivity index (χ3n) is 3.78. The number of nitrogens with one attached hydrogen (secondary N) is 1. The summed E-state index contributed by atoms with van der Waals surface area (Å²) in [5, 5.41) is 3.62. The second-order valence-electron chi connectivity index (χ2n) is 5.22. The molecule has 0 amide bonds. The molecule has 1 N–H and O–H groups in total. The number of hydrogen-bond donors (Lipinski definition) is 1. The minimum absolute atomic E-state index is 0.518. The van der Waals surface area contributed by atoms with Gasteiger partial charge < -0.3 is 10.1 Å². The lowest BCUT2D eigenvalue weighted by Gasteiger charge is -2.36. The lowest BCUT2D eigenvalue weighted by Crippen LogP contribution is -2.46. The van der Waals surface area contributed by atoms with Crippen molar-refractivity contribution in [1.82, 2.24) is 10.2 Å². The molecule has 1 aliphatic carbocycles. The molecular weight excluding hydrogens is 200 g/mol. The maximum atomic E-state index is 5.68. The fourth-order valence-corrected chi connectivity index (χ4v) is 2.47. The predicted molar refractivity (Wildman–Crippen MR) is 66.7 cm³/mol. The molecule has 3 heteroatoms. The molecule has 1 atom stereocenters. The SMILES string of the molecule is CCOC1CCN(C(C)CNC2CC2)CC1. The van der Waals surface area contributed by atoms with Crippen molar-refractivity contribution in [2.45, 2.75) is 57.7 Å². The van der Waals surface area contributed by atoms with Gasteiger partial charge in [-0.25, -0.2) is 0 Å². The van der Waals surface area contributed by atoms with Gasteiger partial charge in [0.1, 0.15) is 0 Å². The molecule has 1 aliphatic heterocycles. The van der Waals surface area contributed by atoms with Crippen molar-refractivity contribution in [3.63, 3.8) is 0 Å². The maximum absolute atomic E-state index is 5.68. The molecule has 1 heterocycles. The van der Waals surface area contributed by atoms with Crippen LogP contribution in [-0.4, -0.2) is 49.3 Å². The standard InChI is InChI=1S/C13H26N2O/c1-3-16-13-6-8-15(9-7-13)11(2)10-14-12-4-5-12/h11-14H,3-10H2,1-2H3. The molecule has 0 bridgehead atoms. The highest BCUT2D eigenvalue weighted by Crippen LogP contribution is 2.19. The van der Waals surface area contributed by atoms with Gasteiger partial charge in [-0.15, -0.1) is 0 Å². The van der Waals surface area contributed by atoms with Gasteiger partial charge in [0.25, 0.3) is 0 Å². The molecule has 1 saturated heterocycles. The van der Waals surface area contributed by atoms with E-state index < -0.39 is 0 Å². The van der Waals surface area contributed by atoms with Crippen molar-refractivity contribution in [1.29, 1.82) is 0 Å². The topological polar surface area (TPSA) is 24.5 Å². The largest absolute Gasteiger partial charge is 0.378 e. The van der Waals surface area contributed by atoms with E-state index in [2.05, 4.69) is 24.1 Å². The average molecular weight is 226 g/mol. The number of piperidine rings is 1. The zero-order valence-electron chi connectivity index (χ0n) is 10.7. The van der Waals surface area contributed by atoms with Crippen molar-refractivity contribution in [2.75, 3.05) is 26.2 Å². The van der Waals surface area contributed by atoms with Gasteiger partial charge in [0, 0.05) is 38.3 Å². The first-order chi connectivity index (χ1) is 7.79. The van der Waals surface area contributed by atoms with Gasteiger partial charge in [-0.3, -0.25) is 4.90 Å². The van der Waals surface area contributed by atoms with Crippen molar-refractivity contribution in [3.05, 3.63) is 0 Å². The molecular formula is C13H26N2O. The summed E-state index contributed by atoms with van der Waals surface area (Å²) in [6, 6.07) is 1.52. The Bertz CT molecular complexity index is 198. The van der Waals surface area contributed by atoms with Crippen LogP contribution in [0.25, 0.3) is 0 Å². The van der Waals surface area contributed by atoms with E-state index in [4.69, 9.17) is 4.74 Å². The molecule has 0 aromatic carbocycles. The van der Waals surface area contributed by atoms with Gasteiger partial charge in [0.2, 0.25) is 0 Å². The molecule has 2 fully saturated rings. The van der Waals surface area contributed by atoms with Crippen molar-refractivity contribution in [3.8, 4) is 0 Å². The summed E-state index contributed by atoms with van der Waals surface area (Å²) >= 11 is 0. The summed E-state index contributed by atoms with van der Waals surface area (Å²) < 4.78 is 5.68. The fraction of sp³-hybridized carbons (Fsp3) is 1.00. The summed E-state index contributed by atoms with van der Waals surface area (Å²) in [7, 11) is 0. The monoisotopic (exact) mass is 226 g/mol. The molecule has 16 heavy (non-hydrogen) atoms.